The van der Waals surface area contributed by atoms with Crippen LogP contribution in [0.3, 0.4) is 0 Å². The number of carbonyl (C=O) groups excluding carboxylic acids is 1. The molecular weight excluding hydrogens is 214 g/mol. The van der Waals surface area contributed by atoms with Crippen LogP contribution < -0.4 is 5.32 Å². The zero-order valence-corrected chi connectivity index (χ0v) is 10.4. The molecule has 1 aromatic rings. The van der Waals surface area contributed by atoms with Gasteiger partial charge >= 0.3 is 0 Å². The summed E-state index contributed by atoms with van der Waals surface area (Å²) in [6.45, 7) is 5.22. The van der Waals surface area contributed by atoms with E-state index in [0.29, 0.717) is 5.56 Å². The van der Waals surface area contributed by atoms with Crippen molar-refractivity contribution in [3.63, 3.8) is 0 Å². The fraction of sp³-hybridized carbons (Fsp3) is 0.500. The summed E-state index contributed by atoms with van der Waals surface area (Å²) in [5.74, 6) is 0.296. The third kappa shape index (κ3) is 2.40. The van der Waals surface area contributed by atoms with Gasteiger partial charge in [0.15, 0.2) is 5.78 Å². The van der Waals surface area contributed by atoms with Crippen LogP contribution in [-0.4, -0.2) is 24.0 Å². The van der Waals surface area contributed by atoms with Gasteiger partial charge in [-0.2, -0.15) is 0 Å². The van der Waals surface area contributed by atoms with Gasteiger partial charge in [0.1, 0.15) is 0 Å². The largest absolute Gasteiger partial charge is 0.385 e. The first-order valence-corrected chi connectivity index (χ1v) is 6.06. The molecule has 1 aliphatic heterocycles. The van der Waals surface area contributed by atoms with Crippen LogP contribution in [0.25, 0.3) is 0 Å². The number of hydrogen-bond donors (Lipinski definition) is 2. The minimum absolute atomic E-state index is 0.0544. The van der Waals surface area contributed by atoms with Gasteiger partial charge in [0, 0.05) is 18.0 Å². The molecule has 1 heterocycles. The summed E-state index contributed by atoms with van der Waals surface area (Å²) in [5, 5.41) is 13.9. The summed E-state index contributed by atoms with van der Waals surface area (Å²) >= 11 is 0. The van der Waals surface area contributed by atoms with E-state index in [1.54, 1.807) is 19.1 Å². The molecule has 0 amide bonds. The topological polar surface area (TPSA) is 49.3 Å². The highest BCUT2D eigenvalue weighted by Crippen LogP contribution is 2.33. The normalized spacial score (nSPS) is 23.4. The molecule has 0 bridgehead atoms. The molecule has 2 rings (SSSR count). The Morgan fingerprint density at radius 1 is 1.41 bits per heavy atom. The highest BCUT2D eigenvalue weighted by atomic mass is 16.3. The standard InChI is InChI=1S/C14H19NO2/c1-10(16)11-3-5-12(6-4-11)14(2,17)13-7-8-15-9-13/h3-6,13,15,17H,7-9H2,1-2H3. The van der Waals surface area contributed by atoms with Gasteiger partial charge in [-0.1, -0.05) is 24.3 Å². The van der Waals surface area contributed by atoms with Crippen molar-refractivity contribution >= 4 is 5.78 Å². The number of hydrogen-bond acceptors (Lipinski definition) is 3. The van der Waals surface area contributed by atoms with Crippen LogP contribution in [0.4, 0.5) is 0 Å². The van der Waals surface area contributed by atoms with Crippen LogP contribution in [0.2, 0.25) is 0 Å². The van der Waals surface area contributed by atoms with Gasteiger partial charge in [-0.3, -0.25) is 4.79 Å². The van der Waals surface area contributed by atoms with Crippen LogP contribution in [-0.2, 0) is 5.60 Å². The van der Waals surface area contributed by atoms with Crippen molar-refractivity contribution in [2.24, 2.45) is 5.92 Å². The molecule has 2 N–H and O–H groups in total. The molecule has 3 heteroatoms. The first-order valence-electron chi connectivity index (χ1n) is 6.06. The minimum atomic E-state index is -0.821. The molecule has 1 saturated heterocycles. The lowest BCUT2D eigenvalue weighted by Crippen LogP contribution is -2.33. The van der Waals surface area contributed by atoms with Gasteiger partial charge in [-0.25, -0.2) is 0 Å². The van der Waals surface area contributed by atoms with E-state index in [-0.39, 0.29) is 11.7 Å². The summed E-state index contributed by atoms with van der Waals surface area (Å²) < 4.78 is 0. The van der Waals surface area contributed by atoms with Crippen molar-refractivity contribution in [2.45, 2.75) is 25.9 Å². The Balaban J connectivity index is 2.23. The van der Waals surface area contributed by atoms with Crippen LogP contribution in [0.1, 0.15) is 36.2 Å². The van der Waals surface area contributed by atoms with E-state index in [0.717, 1.165) is 25.1 Å². The first kappa shape index (κ1) is 12.3. The molecule has 0 spiro atoms. The maximum absolute atomic E-state index is 11.2. The second kappa shape index (κ2) is 4.59. The second-order valence-electron chi connectivity index (χ2n) is 4.97. The van der Waals surface area contributed by atoms with E-state index in [1.165, 1.54) is 0 Å². The number of carbonyl (C=O) groups is 1. The molecule has 92 valence electrons. The maximum atomic E-state index is 11.2. The van der Waals surface area contributed by atoms with Gasteiger partial charge < -0.3 is 10.4 Å². The molecule has 0 aromatic heterocycles. The average Bonchev–Trinajstić information content (AvgIpc) is 2.83. The van der Waals surface area contributed by atoms with Crippen molar-refractivity contribution in [3.8, 4) is 0 Å². The molecule has 2 unspecified atom stereocenters. The van der Waals surface area contributed by atoms with Crippen LogP contribution in [0.15, 0.2) is 24.3 Å². The van der Waals surface area contributed by atoms with E-state index in [4.69, 9.17) is 0 Å². The Hall–Kier alpha value is -1.19. The third-order valence-corrected chi connectivity index (χ3v) is 3.73. The number of rotatable bonds is 3. The van der Waals surface area contributed by atoms with Crippen molar-refractivity contribution in [1.82, 2.24) is 5.32 Å². The highest BCUT2D eigenvalue weighted by Gasteiger charge is 2.35. The Kier molecular flexibility index (Phi) is 3.31. The summed E-state index contributed by atoms with van der Waals surface area (Å²) in [6.07, 6.45) is 0.988. The summed E-state index contributed by atoms with van der Waals surface area (Å²) in [5.41, 5.74) is 0.754. The Morgan fingerprint density at radius 2 is 2.06 bits per heavy atom. The van der Waals surface area contributed by atoms with E-state index in [2.05, 4.69) is 5.32 Å². The molecule has 1 aliphatic rings. The van der Waals surface area contributed by atoms with Crippen molar-refractivity contribution in [2.75, 3.05) is 13.1 Å². The Morgan fingerprint density at radius 3 is 2.53 bits per heavy atom. The third-order valence-electron chi connectivity index (χ3n) is 3.73. The SMILES string of the molecule is CC(=O)c1ccc(C(C)(O)C2CCNC2)cc1. The summed E-state index contributed by atoms with van der Waals surface area (Å²) in [4.78, 5) is 11.2. The number of Topliss-reactive ketones (excluding diaryl/α,β-unsaturated/α-hetero) is 1. The lowest BCUT2D eigenvalue weighted by atomic mass is 9.82. The number of benzene rings is 1. The molecule has 0 radical (unpaired) electrons. The molecule has 1 fully saturated rings. The van der Waals surface area contributed by atoms with Gasteiger partial charge in [-0.05, 0) is 32.4 Å². The molecule has 1 aromatic carbocycles. The number of nitrogens with one attached hydrogen (secondary N) is 1. The monoisotopic (exact) mass is 233 g/mol. The lowest BCUT2D eigenvalue weighted by Gasteiger charge is -2.30. The van der Waals surface area contributed by atoms with Gasteiger partial charge in [0.05, 0.1) is 5.60 Å². The van der Waals surface area contributed by atoms with E-state index >= 15 is 0 Å². The van der Waals surface area contributed by atoms with Crippen LogP contribution in [0.5, 0.6) is 0 Å². The fourth-order valence-corrected chi connectivity index (χ4v) is 2.41. The first-order chi connectivity index (χ1) is 8.01. The van der Waals surface area contributed by atoms with Gasteiger partial charge in [0.2, 0.25) is 0 Å². The minimum Gasteiger partial charge on any atom is -0.385 e. The molecule has 0 saturated carbocycles. The van der Waals surface area contributed by atoms with E-state index < -0.39 is 5.60 Å². The zero-order chi connectivity index (χ0) is 12.5. The summed E-state index contributed by atoms with van der Waals surface area (Å²) in [7, 11) is 0. The second-order valence-corrected chi connectivity index (χ2v) is 4.97. The zero-order valence-electron chi connectivity index (χ0n) is 10.4. The van der Waals surface area contributed by atoms with Crippen molar-refractivity contribution in [3.05, 3.63) is 35.4 Å². The predicted octanol–water partition coefficient (Wildman–Crippen LogP) is 1.71. The highest BCUT2D eigenvalue weighted by molar-refractivity contribution is 5.94. The Bertz CT molecular complexity index is 403. The van der Waals surface area contributed by atoms with E-state index in [1.807, 2.05) is 19.1 Å². The molecule has 17 heavy (non-hydrogen) atoms. The predicted molar refractivity (Wildman–Crippen MR) is 67.0 cm³/mol. The number of aliphatic hydroxyl groups is 1. The molecule has 2 atom stereocenters. The average molecular weight is 233 g/mol. The number of ketones is 1. The van der Waals surface area contributed by atoms with Crippen molar-refractivity contribution < 1.29 is 9.90 Å². The molecule has 3 nitrogen and oxygen atoms in total. The van der Waals surface area contributed by atoms with Crippen molar-refractivity contribution in [1.29, 1.82) is 0 Å². The fourth-order valence-electron chi connectivity index (χ4n) is 2.41. The maximum Gasteiger partial charge on any atom is 0.159 e. The van der Waals surface area contributed by atoms with Gasteiger partial charge in [0.25, 0.3) is 0 Å². The Labute approximate surface area is 102 Å². The molecular formula is C14H19NO2. The van der Waals surface area contributed by atoms with Crippen LogP contribution >= 0.6 is 0 Å². The van der Waals surface area contributed by atoms with E-state index in [9.17, 15) is 9.90 Å². The quantitative estimate of drug-likeness (QED) is 0.781. The molecule has 0 aliphatic carbocycles. The summed E-state index contributed by atoms with van der Waals surface area (Å²) in [6, 6.07) is 7.28. The van der Waals surface area contributed by atoms with Crippen LogP contribution in [0, 0.1) is 5.92 Å². The van der Waals surface area contributed by atoms with Gasteiger partial charge in [-0.15, -0.1) is 0 Å². The smallest absolute Gasteiger partial charge is 0.159 e. The lowest BCUT2D eigenvalue weighted by molar-refractivity contribution is 0.00215.